The zero-order valence-electron chi connectivity index (χ0n) is 6.52. The minimum absolute atomic E-state index is 0.988. The average molecular weight is 258 g/mol. The van der Waals surface area contributed by atoms with Crippen molar-refractivity contribution in [3.8, 4) is 0 Å². The molecule has 56 valence electrons. The van der Waals surface area contributed by atoms with Crippen molar-refractivity contribution in [3.05, 3.63) is 0 Å². The van der Waals surface area contributed by atoms with Crippen LogP contribution in [0.15, 0.2) is 0 Å². The maximum atomic E-state index is 2.34. The predicted molar refractivity (Wildman–Crippen MR) is 46.3 cm³/mol. The van der Waals surface area contributed by atoms with E-state index in [1.54, 1.807) is 0 Å². The molecule has 0 spiro atoms. The van der Waals surface area contributed by atoms with Gasteiger partial charge in [-0.1, -0.05) is 0 Å². The predicted octanol–water partition coefficient (Wildman–Crippen LogP) is 2.36. The summed E-state index contributed by atoms with van der Waals surface area (Å²) >= 11 is 2.00. The summed E-state index contributed by atoms with van der Waals surface area (Å²) in [4.78, 5) is 0.995. The number of hydrogen-bond acceptors (Lipinski definition) is 0. The molecule has 0 aliphatic heterocycles. The first-order valence-corrected chi connectivity index (χ1v) is 10.1. The zero-order chi connectivity index (χ0) is 7.11. The van der Waals surface area contributed by atoms with E-state index in [1.165, 1.54) is 18.2 Å². The fourth-order valence-corrected chi connectivity index (χ4v) is 7.31. The Labute approximate surface area is 70.0 Å². The molecule has 0 fully saturated rings. The molecule has 0 aromatic carbocycles. The molecule has 0 atom stereocenters. The first-order valence-electron chi connectivity index (χ1n) is 3.55. The Morgan fingerprint density at radius 3 is 2.44 bits per heavy atom. The topological polar surface area (TPSA) is 0 Å². The Morgan fingerprint density at radius 1 is 1.33 bits per heavy atom. The van der Waals surface area contributed by atoms with Crippen molar-refractivity contribution in [2.24, 2.45) is 0 Å². The Morgan fingerprint density at radius 2 is 2.00 bits per heavy atom. The molecule has 2 heteroatoms. The van der Waals surface area contributed by atoms with Crippen LogP contribution in [0.2, 0.25) is 10.1 Å². The SMILES string of the molecule is CCCC[Se][Se]C(C)C. The number of rotatable bonds is 5. The summed E-state index contributed by atoms with van der Waals surface area (Å²) in [6.07, 6.45) is 2.85. The van der Waals surface area contributed by atoms with Crippen LogP contribution >= 0.6 is 0 Å². The molecule has 0 unspecified atom stereocenters. The summed E-state index contributed by atoms with van der Waals surface area (Å²) in [5.41, 5.74) is 0. The van der Waals surface area contributed by atoms with Gasteiger partial charge in [0.1, 0.15) is 0 Å². The van der Waals surface area contributed by atoms with Crippen LogP contribution in [0, 0.1) is 0 Å². The van der Waals surface area contributed by atoms with Crippen molar-refractivity contribution in [3.63, 3.8) is 0 Å². The van der Waals surface area contributed by atoms with Gasteiger partial charge in [0.25, 0.3) is 0 Å². The van der Waals surface area contributed by atoms with Crippen LogP contribution in [0.5, 0.6) is 0 Å². The van der Waals surface area contributed by atoms with Gasteiger partial charge in [-0.2, -0.15) is 0 Å². The van der Waals surface area contributed by atoms with E-state index in [2.05, 4.69) is 20.8 Å². The molecule has 0 saturated carbocycles. The van der Waals surface area contributed by atoms with Crippen LogP contribution in [-0.2, 0) is 0 Å². The first kappa shape index (κ1) is 10.0. The molecule has 9 heavy (non-hydrogen) atoms. The Hall–Kier alpha value is 1.04. The van der Waals surface area contributed by atoms with Crippen LogP contribution in [0.4, 0.5) is 0 Å². The first-order chi connectivity index (χ1) is 4.27. The average Bonchev–Trinajstić information content (AvgIpc) is 1.80. The minimum atomic E-state index is 0.988. The van der Waals surface area contributed by atoms with Crippen LogP contribution in [0.25, 0.3) is 0 Å². The van der Waals surface area contributed by atoms with E-state index < -0.39 is 0 Å². The summed E-state index contributed by atoms with van der Waals surface area (Å²) < 4.78 is 0. The fraction of sp³-hybridized carbons (Fsp3) is 1.00. The van der Waals surface area contributed by atoms with Gasteiger partial charge >= 0.3 is 70.0 Å². The van der Waals surface area contributed by atoms with E-state index >= 15 is 0 Å². The third-order valence-corrected chi connectivity index (χ3v) is 10.4. The third-order valence-electron chi connectivity index (χ3n) is 0.842. The summed E-state index contributed by atoms with van der Waals surface area (Å²) in [6.45, 7) is 6.96. The molecular weight excluding hydrogens is 242 g/mol. The summed E-state index contributed by atoms with van der Waals surface area (Å²) in [7, 11) is 0. The zero-order valence-corrected chi connectivity index (χ0v) is 9.94. The second-order valence-corrected chi connectivity index (χ2v) is 10.7. The van der Waals surface area contributed by atoms with E-state index in [9.17, 15) is 0 Å². The molecule has 0 aromatic heterocycles. The molecule has 0 saturated heterocycles. The van der Waals surface area contributed by atoms with Crippen LogP contribution in [-0.4, -0.2) is 26.3 Å². The second kappa shape index (κ2) is 7.15. The fourth-order valence-electron chi connectivity index (χ4n) is 0.387. The molecular formula is C7H16Se2. The van der Waals surface area contributed by atoms with E-state index in [0.29, 0.717) is 0 Å². The van der Waals surface area contributed by atoms with Gasteiger partial charge in [0.05, 0.1) is 0 Å². The van der Waals surface area contributed by atoms with Gasteiger partial charge in [0.15, 0.2) is 0 Å². The standard InChI is InChI=1S/C7H16Se2/c1-4-5-6-8-9-7(2)3/h7H,4-6H2,1-3H3. The van der Waals surface area contributed by atoms with Crippen molar-refractivity contribution in [2.45, 2.75) is 43.7 Å². The Balaban J connectivity index is 2.75. The van der Waals surface area contributed by atoms with Crippen LogP contribution < -0.4 is 0 Å². The maximum absolute atomic E-state index is 2.34. The van der Waals surface area contributed by atoms with Gasteiger partial charge in [-0.05, 0) is 0 Å². The summed E-state index contributed by atoms with van der Waals surface area (Å²) in [6, 6.07) is 0. The van der Waals surface area contributed by atoms with Crippen molar-refractivity contribution < 1.29 is 0 Å². The second-order valence-electron chi connectivity index (χ2n) is 2.32. The van der Waals surface area contributed by atoms with Gasteiger partial charge in [-0.3, -0.25) is 0 Å². The molecule has 0 bridgehead atoms. The molecule has 0 amide bonds. The van der Waals surface area contributed by atoms with E-state index in [0.717, 1.165) is 31.1 Å². The van der Waals surface area contributed by atoms with Gasteiger partial charge in [-0.25, -0.2) is 0 Å². The normalized spacial score (nSPS) is 10.7. The molecule has 0 aliphatic carbocycles. The van der Waals surface area contributed by atoms with Gasteiger partial charge in [0.2, 0.25) is 0 Å². The van der Waals surface area contributed by atoms with Crippen LogP contribution in [0.3, 0.4) is 0 Å². The molecule has 0 N–H and O–H groups in total. The quantitative estimate of drug-likeness (QED) is 0.524. The Kier molecular flexibility index (Phi) is 7.97. The van der Waals surface area contributed by atoms with Gasteiger partial charge in [0, 0.05) is 0 Å². The summed E-state index contributed by atoms with van der Waals surface area (Å²) in [5.74, 6) is 0. The molecule has 0 aliphatic rings. The van der Waals surface area contributed by atoms with Crippen molar-refractivity contribution in [1.82, 2.24) is 0 Å². The molecule has 0 rings (SSSR count). The van der Waals surface area contributed by atoms with E-state index in [4.69, 9.17) is 0 Å². The van der Waals surface area contributed by atoms with Crippen molar-refractivity contribution in [1.29, 1.82) is 0 Å². The van der Waals surface area contributed by atoms with Crippen molar-refractivity contribution in [2.75, 3.05) is 0 Å². The van der Waals surface area contributed by atoms with Gasteiger partial charge in [-0.15, -0.1) is 0 Å². The molecule has 0 heterocycles. The monoisotopic (exact) mass is 260 g/mol. The molecule has 0 aromatic rings. The summed E-state index contributed by atoms with van der Waals surface area (Å²) in [5, 5.41) is 1.53. The number of hydrogen-bond donors (Lipinski definition) is 0. The van der Waals surface area contributed by atoms with Gasteiger partial charge < -0.3 is 0 Å². The Bertz CT molecular complexity index is 52.9. The molecule has 0 nitrogen and oxygen atoms in total. The number of unbranched alkanes of at least 4 members (excludes halogenated alkanes) is 1. The van der Waals surface area contributed by atoms with Crippen LogP contribution in [0.1, 0.15) is 33.6 Å². The van der Waals surface area contributed by atoms with E-state index in [-0.39, 0.29) is 0 Å². The third kappa shape index (κ3) is 9.04. The van der Waals surface area contributed by atoms with Crippen molar-refractivity contribution >= 4 is 26.3 Å². The van der Waals surface area contributed by atoms with E-state index in [1.807, 2.05) is 0 Å². The molecule has 0 radical (unpaired) electrons.